The van der Waals surface area contributed by atoms with E-state index in [1.54, 1.807) is 0 Å². The Morgan fingerprint density at radius 2 is 2.00 bits per heavy atom. The van der Waals surface area contributed by atoms with Crippen molar-refractivity contribution in [2.75, 3.05) is 6.61 Å². The number of aromatic nitrogens is 2. The highest BCUT2D eigenvalue weighted by Gasteiger charge is 2.33. The van der Waals surface area contributed by atoms with E-state index in [0.717, 1.165) is 68.7 Å². The summed E-state index contributed by atoms with van der Waals surface area (Å²) >= 11 is 0. The van der Waals surface area contributed by atoms with Crippen molar-refractivity contribution >= 4 is 27.8 Å². The molecule has 4 aromatic rings. The molecule has 1 aliphatic heterocycles. The maximum Gasteiger partial charge on any atom is 0.337 e. The lowest BCUT2D eigenvalue weighted by molar-refractivity contribution is -0.160. The van der Waals surface area contributed by atoms with Gasteiger partial charge in [0.1, 0.15) is 5.75 Å². The summed E-state index contributed by atoms with van der Waals surface area (Å²) in [5.41, 5.74) is 6.47. The van der Waals surface area contributed by atoms with E-state index in [2.05, 4.69) is 12.1 Å². The number of pyridine rings is 2. The van der Waals surface area contributed by atoms with Gasteiger partial charge in [0.05, 0.1) is 23.2 Å². The predicted octanol–water partition coefficient (Wildman–Crippen LogP) is 6.98. The van der Waals surface area contributed by atoms with Crippen LogP contribution in [0, 0.1) is 12.8 Å². The number of benzene rings is 2. The average molecular weight is 511 g/mol. The van der Waals surface area contributed by atoms with E-state index in [4.69, 9.17) is 19.4 Å². The third kappa shape index (κ3) is 4.62. The van der Waals surface area contributed by atoms with E-state index >= 15 is 0 Å². The molecule has 38 heavy (non-hydrogen) atoms. The summed E-state index contributed by atoms with van der Waals surface area (Å²) in [5, 5.41) is 12.3. The van der Waals surface area contributed by atoms with Crippen LogP contribution in [0.15, 0.2) is 42.6 Å². The Kier molecular flexibility index (Phi) is 6.10. The lowest BCUT2D eigenvalue weighted by atomic mass is 9.86. The number of carbonyl (C=O) groups is 1. The molecule has 0 unspecified atom stereocenters. The number of fused-ring (bicyclic) bond motifs is 1. The zero-order valence-electron chi connectivity index (χ0n) is 22.5. The fraction of sp³-hybridized carbons (Fsp3) is 0.406. The van der Waals surface area contributed by atoms with Crippen molar-refractivity contribution < 1.29 is 19.4 Å². The molecule has 2 aromatic heterocycles. The highest BCUT2D eigenvalue weighted by molar-refractivity contribution is 6.08. The summed E-state index contributed by atoms with van der Waals surface area (Å²) in [6.07, 6.45) is 6.28. The molecule has 2 aromatic carbocycles. The van der Waals surface area contributed by atoms with Gasteiger partial charge < -0.3 is 14.6 Å². The first-order valence-electron chi connectivity index (χ1n) is 13.6. The van der Waals surface area contributed by atoms with Crippen molar-refractivity contribution in [3.8, 4) is 16.9 Å². The first-order valence-corrected chi connectivity index (χ1v) is 13.6. The van der Waals surface area contributed by atoms with Gasteiger partial charge in [-0.1, -0.05) is 18.9 Å². The first kappa shape index (κ1) is 24.8. The largest absolute Gasteiger partial charge is 0.493 e. The first-order chi connectivity index (χ1) is 18.2. The van der Waals surface area contributed by atoms with Crippen LogP contribution < -0.4 is 4.74 Å². The summed E-state index contributed by atoms with van der Waals surface area (Å²) in [4.78, 5) is 22.6. The van der Waals surface area contributed by atoms with E-state index in [1.807, 2.05) is 58.2 Å². The molecule has 6 heteroatoms. The van der Waals surface area contributed by atoms with Crippen LogP contribution in [0.2, 0.25) is 0 Å². The lowest BCUT2D eigenvalue weighted by Gasteiger charge is -2.29. The Morgan fingerprint density at radius 3 is 2.74 bits per heavy atom. The molecule has 3 heterocycles. The summed E-state index contributed by atoms with van der Waals surface area (Å²) < 4.78 is 12.2. The summed E-state index contributed by atoms with van der Waals surface area (Å²) in [7, 11) is 0. The minimum atomic E-state index is -1.15. The van der Waals surface area contributed by atoms with E-state index in [9.17, 15) is 9.90 Å². The Labute approximate surface area is 223 Å². The monoisotopic (exact) mass is 510 g/mol. The quantitative estimate of drug-likeness (QED) is 0.289. The number of carboxylic acid groups (broad SMARTS) is 1. The number of nitrogens with zero attached hydrogens (tertiary/aromatic N) is 2. The van der Waals surface area contributed by atoms with Gasteiger partial charge in [0, 0.05) is 40.2 Å². The summed E-state index contributed by atoms with van der Waals surface area (Å²) in [5.74, 6) is 0.637. The van der Waals surface area contributed by atoms with Crippen LogP contribution >= 0.6 is 0 Å². The molecule has 1 atom stereocenters. The van der Waals surface area contributed by atoms with Crippen molar-refractivity contribution in [2.24, 2.45) is 5.92 Å². The van der Waals surface area contributed by atoms with E-state index < -0.39 is 17.7 Å². The maximum atomic E-state index is 12.7. The predicted molar refractivity (Wildman–Crippen MR) is 149 cm³/mol. The maximum absolute atomic E-state index is 12.7. The fourth-order valence-electron chi connectivity index (χ4n) is 5.68. The number of aliphatic carboxylic acids is 1. The van der Waals surface area contributed by atoms with Gasteiger partial charge in [-0.15, -0.1) is 0 Å². The van der Waals surface area contributed by atoms with Crippen LogP contribution in [-0.4, -0.2) is 33.3 Å². The van der Waals surface area contributed by atoms with Gasteiger partial charge in [-0.25, -0.2) is 4.79 Å². The third-order valence-corrected chi connectivity index (χ3v) is 7.60. The van der Waals surface area contributed by atoms with Crippen molar-refractivity contribution in [1.29, 1.82) is 0 Å². The van der Waals surface area contributed by atoms with Gasteiger partial charge in [0.25, 0.3) is 0 Å². The van der Waals surface area contributed by atoms with Gasteiger partial charge in [0.2, 0.25) is 0 Å². The van der Waals surface area contributed by atoms with Crippen LogP contribution in [0.5, 0.6) is 5.75 Å². The third-order valence-electron chi connectivity index (χ3n) is 7.60. The second-order valence-electron chi connectivity index (χ2n) is 11.7. The number of ether oxygens (including phenoxy) is 2. The topological polar surface area (TPSA) is 81.5 Å². The standard InChI is InChI=1S/C32H34N2O4/c1-18-17-24-22(10-9-21(34-24)8-7-19-5-6-19)28(26(18)30(31(35)36)38-32(2,3)4)23-11-12-25-27-20(14-16-37-25)13-15-33-29(23)27/h9-13,15,17,19,30H,5-8,14,16H2,1-4H3,(H,35,36)/t30-/m0/s1. The highest BCUT2D eigenvalue weighted by atomic mass is 16.5. The summed E-state index contributed by atoms with van der Waals surface area (Å²) in [6, 6.07) is 12.2. The molecule has 1 saturated carbocycles. The number of rotatable bonds is 7. The van der Waals surface area contributed by atoms with Crippen LogP contribution in [0.3, 0.4) is 0 Å². The second kappa shape index (κ2) is 9.35. The van der Waals surface area contributed by atoms with Gasteiger partial charge in [0.15, 0.2) is 6.10 Å². The Bertz CT molecular complexity index is 1560. The SMILES string of the molecule is Cc1cc2nc(CCC3CC3)ccc2c(-c2ccc3c4c(ccnc24)CCO3)c1[C@H](OC(C)(C)C)C(=O)O. The lowest BCUT2D eigenvalue weighted by Crippen LogP contribution is -2.28. The smallest absolute Gasteiger partial charge is 0.337 e. The average Bonchev–Trinajstić information content (AvgIpc) is 3.70. The molecule has 2 aliphatic rings. The number of aryl methyl sites for hydroxylation is 2. The van der Waals surface area contributed by atoms with E-state index in [-0.39, 0.29) is 0 Å². The Hall–Kier alpha value is -3.51. The minimum Gasteiger partial charge on any atom is -0.493 e. The normalized spacial score (nSPS) is 16.0. The fourth-order valence-corrected chi connectivity index (χ4v) is 5.68. The summed E-state index contributed by atoms with van der Waals surface area (Å²) in [6.45, 7) is 8.24. The molecular weight excluding hydrogens is 476 g/mol. The Balaban J connectivity index is 1.63. The minimum absolute atomic E-state index is 0.637. The van der Waals surface area contributed by atoms with Gasteiger partial charge in [-0.05, 0) is 93.5 Å². The van der Waals surface area contributed by atoms with E-state index in [1.165, 1.54) is 24.8 Å². The van der Waals surface area contributed by atoms with Crippen LogP contribution in [0.4, 0.5) is 0 Å². The van der Waals surface area contributed by atoms with E-state index in [0.29, 0.717) is 12.2 Å². The van der Waals surface area contributed by atoms with Crippen LogP contribution in [0.25, 0.3) is 32.9 Å². The number of carboxylic acids is 1. The zero-order valence-corrected chi connectivity index (χ0v) is 22.5. The highest BCUT2D eigenvalue weighted by Crippen LogP contribution is 2.45. The Morgan fingerprint density at radius 1 is 1.18 bits per heavy atom. The molecule has 0 radical (unpaired) electrons. The number of hydrogen-bond acceptors (Lipinski definition) is 5. The van der Waals surface area contributed by atoms with Crippen molar-refractivity contribution in [3.63, 3.8) is 0 Å². The number of hydrogen-bond donors (Lipinski definition) is 1. The van der Waals surface area contributed by atoms with Crippen molar-refractivity contribution in [1.82, 2.24) is 9.97 Å². The molecule has 1 fully saturated rings. The van der Waals surface area contributed by atoms with Crippen molar-refractivity contribution in [3.05, 3.63) is 65.0 Å². The molecule has 196 valence electrons. The van der Waals surface area contributed by atoms with Gasteiger partial charge in [-0.3, -0.25) is 9.97 Å². The molecule has 6 rings (SSSR count). The van der Waals surface area contributed by atoms with Crippen LogP contribution in [0.1, 0.15) is 68.5 Å². The molecule has 0 amide bonds. The molecular formula is C32H34N2O4. The zero-order chi connectivity index (χ0) is 26.6. The molecule has 6 nitrogen and oxygen atoms in total. The molecule has 0 saturated heterocycles. The van der Waals surface area contributed by atoms with Crippen LogP contribution in [-0.2, 0) is 22.4 Å². The molecule has 0 bridgehead atoms. The molecule has 0 spiro atoms. The van der Waals surface area contributed by atoms with Gasteiger partial charge in [-0.2, -0.15) is 0 Å². The molecule has 1 N–H and O–H groups in total. The second-order valence-corrected chi connectivity index (χ2v) is 11.7. The van der Waals surface area contributed by atoms with Crippen molar-refractivity contribution in [2.45, 2.75) is 71.5 Å². The molecule has 1 aliphatic carbocycles. The van der Waals surface area contributed by atoms with Gasteiger partial charge >= 0.3 is 5.97 Å².